The zero-order valence-electron chi connectivity index (χ0n) is 9.26. The van der Waals surface area contributed by atoms with Crippen molar-refractivity contribution in [2.45, 2.75) is 25.3 Å². The summed E-state index contributed by atoms with van der Waals surface area (Å²) in [7, 11) is -1.95. The Balaban J connectivity index is 2.63. The van der Waals surface area contributed by atoms with Gasteiger partial charge in [-0.1, -0.05) is 0 Å². The number of aliphatic carboxylic acids is 1. The standard InChI is InChI=1S/C9H17NO5S/c1-15-6-3-7-16(13,14)10-5-2-4-8(10)9(11)12/h8H,2-7H2,1H3,(H,11,12)/t8-/m0/s1. The summed E-state index contributed by atoms with van der Waals surface area (Å²) in [5.41, 5.74) is 0. The average Bonchev–Trinajstić information content (AvgIpc) is 2.66. The molecule has 0 bridgehead atoms. The van der Waals surface area contributed by atoms with Crippen LogP contribution in [0.15, 0.2) is 0 Å². The second-order valence-electron chi connectivity index (χ2n) is 3.77. The molecule has 0 radical (unpaired) electrons. The van der Waals surface area contributed by atoms with Gasteiger partial charge in [-0.05, 0) is 19.3 Å². The summed E-state index contributed by atoms with van der Waals surface area (Å²) in [5, 5.41) is 8.89. The first-order chi connectivity index (χ1) is 7.49. The first-order valence-electron chi connectivity index (χ1n) is 5.20. The van der Waals surface area contributed by atoms with E-state index in [1.807, 2.05) is 0 Å². The highest BCUT2D eigenvalue weighted by atomic mass is 32.2. The lowest BCUT2D eigenvalue weighted by atomic mass is 10.2. The van der Waals surface area contributed by atoms with Gasteiger partial charge in [0, 0.05) is 20.3 Å². The van der Waals surface area contributed by atoms with Crippen molar-refractivity contribution in [3.63, 3.8) is 0 Å². The van der Waals surface area contributed by atoms with Gasteiger partial charge in [0.25, 0.3) is 0 Å². The second kappa shape index (κ2) is 5.60. The van der Waals surface area contributed by atoms with Gasteiger partial charge < -0.3 is 9.84 Å². The van der Waals surface area contributed by atoms with Crippen molar-refractivity contribution >= 4 is 16.0 Å². The van der Waals surface area contributed by atoms with E-state index in [0.717, 1.165) is 4.31 Å². The highest BCUT2D eigenvalue weighted by Gasteiger charge is 2.38. The summed E-state index contributed by atoms with van der Waals surface area (Å²) in [6, 6.07) is -0.882. The van der Waals surface area contributed by atoms with Gasteiger partial charge in [0.05, 0.1) is 5.75 Å². The molecule has 0 aromatic rings. The zero-order chi connectivity index (χ0) is 12.2. The van der Waals surface area contributed by atoms with E-state index in [1.165, 1.54) is 7.11 Å². The van der Waals surface area contributed by atoms with Gasteiger partial charge in [-0.15, -0.1) is 0 Å². The van der Waals surface area contributed by atoms with Gasteiger partial charge in [-0.3, -0.25) is 4.79 Å². The fraction of sp³-hybridized carbons (Fsp3) is 0.889. The van der Waals surface area contributed by atoms with Crippen molar-refractivity contribution in [2.24, 2.45) is 0 Å². The highest BCUT2D eigenvalue weighted by molar-refractivity contribution is 7.89. The van der Waals surface area contributed by atoms with Crippen molar-refractivity contribution in [3.05, 3.63) is 0 Å². The first kappa shape index (κ1) is 13.4. The predicted molar refractivity (Wildman–Crippen MR) is 57.6 cm³/mol. The van der Waals surface area contributed by atoms with Crippen molar-refractivity contribution in [2.75, 3.05) is 26.0 Å². The molecule has 16 heavy (non-hydrogen) atoms. The van der Waals surface area contributed by atoms with Gasteiger partial charge in [-0.25, -0.2) is 8.42 Å². The molecule has 1 fully saturated rings. The van der Waals surface area contributed by atoms with E-state index >= 15 is 0 Å². The van der Waals surface area contributed by atoms with Crippen LogP contribution in [0.5, 0.6) is 0 Å². The molecule has 6 nitrogen and oxygen atoms in total. The highest BCUT2D eigenvalue weighted by Crippen LogP contribution is 2.21. The van der Waals surface area contributed by atoms with Crippen LogP contribution < -0.4 is 0 Å². The van der Waals surface area contributed by atoms with Crippen LogP contribution in [0.4, 0.5) is 0 Å². The lowest BCUT2D eigenvalue weighted by Crippen LogP contribution is -2.41. The third-order valence-electron chi connectivity index (χ3n) is 2.60. The summed E-state index contributed by atoms with van der Waals surface area (Å²) < 4.78 is 29.5. The molecule has 1 aliphatic heterocycles. The van der Waals surface area contributed by atoms with Crippen molar-refractivity contribution < 1.29 is 23.1 Å². The molecule has 1 N–H and O–H groups in total. The summed E-state index contributed by atoms with van der Waals surface area (Å²) in [6.45, 7) is 0.678. The average molecular weight is 251 g/mol. The molecule has 0 amide bonds. The Kier molecular flexibility index (Phi) is 4.69. The Hall–Kier alpha value is -0.660. The third kappa shape index (κ3) is 3.16. The Morgan fingerprint density at radius 1 is 1.56 bits per heavy atom. The molecule has 1 heterocycles. The molecule has 1 rings (SSSR count). The second-order valence-corrected chi connectivity index (χ2v) is 5.81. The van der Waals surface area contributed by atoms with Gasteiger partial charge >= 0.3 is 5.97 Å². The molecule has 94 valence electrons. The smallest absolute Gasteiger partial charge is 0.322 e. The summed E-state index contributed by atoms with van der Waals surface area (Å²) in [6.07, 6.45) is 1.40. The number of hydrogen-bond acceptors (Lipinski definition) is 4. The molecule has 0 aromatic carbocycles. The number of carbonyl (C=O) groups is 1. The fourth-order valence-corrected chi connectivity index (χ4v) is 3.53. The largest absolute Gasteiger partial charge is 0.480 e. The zero-order valence-corrected chi connectivity index (χ0v) is 10.1. The maximum Gasteiger partial charge on any atom is 0.322 e. The maximum atomic E-state index is 11.8. The molecule has 0 unspecified atom stereocenters. The van der Waals surface area contributed by atoms with Crippen LogP contribution in [-0.2, 0) is 19.6 Å². The first-order valence-corrected chi connectivity index (χ1v) is 6.81. The lowest BCUT2D eigenvalue weighted by Gasteiger charge is -2.20. The van der Waals surface area contributed by atoms with Crippen LogP contribution in [0.1, 0.15) is 19.3 Å². The quantitative estimate of drug-likeness (QED) is 0.666. The van der Waals surface area contributed by atoms with E-state index in [0.29, 0.717) is 32.4 Å². The molecule has 0 aliphatic carbocycles. The van der Waals surface area contributed by atoms with Crippen LogP contribution in [-0.4, -0.2) is 55.9 Å². The van der Waals surface area contributed by atoms with Crippen molar-refractivity contribution in [1.82, 2.24) is 4.31 Å². The summed E-state index contributed by atoms with van der Waals surface area (Å²) in [5.74, 6) is -1.11. The van der Waals surface area contributed by atoms with E-state index in [2.05, 4.69) is 0 Å². The third-order valence-corrected chi connectivity index (χ3v) is 4.55. The number of hydrogen-bond donors (Lipinski definition) is 1. The minimum Gasteiger partial charge on any atom is -0.480 e. The van der Waals surface area contributed by atoms with Gasteiger partial charge in [0.1, 0.15) is 6.04 Å². The van der Waals surface area contributed by atoms with Crippen molar-refractivity contribution in [3.8, 4) is 0 Å². The monoisotopic (exact) mass is 251 g/mol. The molecule has 1 saturated heterocycles. The number of ether oxygens (including phenoxy) is 1. The normalized spacial score (nSPS) is 22.4. The molecular weight excluding hydrogens is 234 g/mol. The van der Waals surface area contributed by atoms with Gasteiger partial charge in [0.15, 0.2) is 0 Å². The van der Waals surface area contributed by atoms with E-state index in [9.17, 15) is 13.2 Å². The fourth-order valence-electron chi connectivity index (χ4n) is 1.82. The minimum atomic E-state index is -3.45. The van der Waals surface area contributed by atoms with E-state index in [1.54, 1.807) is 0 Å². The van der Waals surface area contributed by atoms with Crippen LogP contribution in [0.3, 0.4) is 0 Å². The molecule has 1 atom stereocenters. The number of sulfonamides is 1. The van der Waals surface area contributed by atoms with Crippen LogP contribution >= 0.6 is 0 Å². The SMILES string of the molecule is COCCCS(=O)(=O)N1CCC[C@H]1C(=O)O. The topological polar surface area (TPSA) is 83.9 Å². The molecule has 0 aromatic heterocycles. The number of rotatable bonds is 6. The molecule has 0 spiro atoms. The predicted octanol–water partition coefficient (Wildman–Crippen LogP) is -0.0983. The van der Waals surface area contributed by atoms with Crippen molar-refractivity contribution in [1.29, 1.82) is 0 Å². The van der Waals surface area contributed by atoms with Crippen LogP contribution in [0, 0.1) is 0 Å². The maximum absolute atomic E-state index is 11.8. The molecular formula is C9H17NO5S. The Labute approximate surface area is 95.2 Å². The minimum absolute atomic E-state index is 0.0510. The van der Waals surface area contributed by atoms with Gasteiger partial charge in [-0.2, -0.15) is 4.31 Å². The lowest BCUT2D eigenvalue weighted by molar-refractivity contribution is -0.140. The molecule has 1 aliphatic rings. The van der Waals surface area contributed by atoms with Crippen LogP contribution in [0.25, 0.3) is 0 Å². The van der Waals surface area contributed by atoms with Crippen LogP contribution in [0.2, 0.25) is 0 Å². The Morgan fingerprint density at radius 2 is 2.25 bits per heavy atom. The molecule has 0 saturated carbocycles. The summed E-state index contributed by atoms with van der Waals surface area (Å²) >= 11 is 0. The van der Waals surface area contributed by atoms with E-state index in [4.69, 9.17) is 9.84 Å². The van der Waals surface area contributed by atoms with Gasteiger partial charge in [0.2, 0.25) is 10.0 Å². The Morgan fingerprint density at radius 3 is 2.81 bits per heavy atom. The summed E-state index contributed by atoms with van der Waals surface area (Å²) in [4.78, 5) is 10.9. The number of methoxy groups -OCH3 is 1. The van der Waals surface area contributed by atoms with E-state index in [-0.39, 0.29) is 5.75 Å². The molecule has 7 heteroatoms. The number of carboxylic acids is 1. The number of carboxylic acid groups (broad SMARTS) is 1. The number of nitrogens with zero attached hydrogens (tertiary/aromatic N) is 1. The Bertz CT molecular complexity index is 340. The van der Waals surface area contributed by atoms with E-state index < -0.39 is 22.0 Å².